The van der Waals surface area contributed by atoms with Crippen molar-refractivity contribution in [3.8, 4) is 11.5 Å². The van der Waals surface area contributed by atoms with Crippen molar-refractivity contribution in [1.29, 1.82) is 0 Å². The second-order valence-electron chi connectivity index (χ2n) is 11.9. The molecule has 2 aromatic rings. The van der Waals surface area contributed by atoms with Crippen LogP contribution in [0, 0.1) is 25.2 Å². The summed E-state index contributed by atoms with van der Waals surface area (Å²) in [5.41, 5.74) is 1.39. The molecule has 0 radical (unpaired) electrons. The van der Waals surface area contributed by atoms with E-state index in [1.54, 1.807) is 13.8 Å². The van der Waals surface area contributed by atoms with Crippen molar-refractivity contribution >= 4 is 23.7 Å². The van der Waals surface area contributed by atoms with Crippen LogP contribution in [0.2, 0.25) is 0 Å². The molecule has 13 nitrogen and oxygen atoms in total. The number of ether oxygens (including phenoxy) is 3. The summed E-state index contributed by atoms with van der Waals surface area (Å²) in [7, 11) is 0. The fraction of sp³-hybridized carbons (Fsp3) is 0.581. The van der Waals surface area contributed by atoms with Crippen molar-refractivity contribution in [3.63, 3.8) is 0 Å². The summed E-state index contributed by atoms with van der Waals surface area (Å²) >= 11 is 0. The van der Waals surface area contributed by atoms with Gasteiger partial charge in [0, 0.05) is 69.1 Å². The highest BCUT2D eigenvalue weighted by atomic mass is 16.5. The van der Waals surface area contributed by atoms with E-state index in [0.29, 0.717) is 87.5 Å². The molecular weight excluding hydrogens is 572 g/mol. The first-order valence-electron chi connectivity index (χ1n) is 15.0. The topological polar surface area (TPSA) is 161 Å². The predicted octanol–water partition coefficient (Wildman–Crippen LogP) is 2.15. The minimum absolute atomic E-state index is 0.0214. The van der Waals surface area contributed by atoms with E-state index in [1.807, 2.05) is 23.1 Å². The van der Waals surface area contributed by atoms with Crippen molar-refractivity contribution in [2.45, 2.75) is 46.0 Å². The number of benzene rings is 1. The Labute approximate surface area is 255 Å². The molecule has 4 bridgehead atoms. The zero-order chi connectivity index (χ0) is 31.4. The molecule has 238 valence electrons. The van der Waals surface area contributed by atoms with E-state index in [-0.39, 0.29) is 36.1 Å². The van der Waals surface area contributed by atoms with Crippen LogP contribution in [0.5, 0.6) is 11.5 Å². The Hall–Kier alpha value is -4.13. The average Bonchev–Trinajstić information content (AvgIpc) is 3.56. The number of aromatic nitrogens is 1. The zero-order valence-electron chi connectivity index (χ0n) is 25.4. The van der Waals surface area contributed by atoms with Crippen LogP contribution in [0.25, 0.3) is 0 Å². The third-order valence-electron chi connectivity index (χ3n) is 8.76. The van der Waals surface area contributed by atoms with Crippen molar-refractivity contribution < 1.29 is 43.0 Å². The Bertz CT molecular complexity index is 1380. The Morgan fingerprint density at radius 3 is 2.55 bits per heavy atom. The molecule has 0 aliphatic carbocycles. The summed E-state index contributed by atoms with van der Waals surface area (Å²) < 4.78 is 23.2. The average molecular weight is 613 g/mol. The molecule has 2 fully saturated rings. The van der Waals surface area contributed by atoms with Gasteiger partial charge in [-0.1, -0.05) is 17.3 Å². The second kappa shape index (κ2) is 13.2. The molecule has 44 heavy (non-hydrogen) atoms. The number of fused-ring (bicyclic) bond motifs is 9. The number of aryl methyl sites for hydroxylation is 2. The number of carbonyl (C=O) groups excluding carboxylic acids is 3. The number of carboxylic acids is 1. The summed E-state index contributed by atoms with van der Waals surface area (Å²) in [4.78, 5) is 52.8. The van der Waals surface area contributed by atoms with Crippen LogP contribution in [-0.4, -0.2) is 103 Å². The maximum absolute atomic E-state index is 13.6. The van der Waals surface area contributed by atoms with Crippen LogP contribution in [0.3, 0.4) is 0 Å². The monoisotopic (exact) mass is 612 g/mol. The number of amides is 3. The van der Waals surface area contributed by atoms with Gasteiger partial charge < -0.3 is 39.0 Å². The minimum Gasteiger partial charge on any atom is -0.490 e. The van der Waals surface area contributed by atoms with Gasteiger partial charge in [0.15, 0.2) is 11.5 Å². The first-order chi connectivity index (χ1) is 21.1. The van der Waals surface area contributed by atoms with E-state index in [2.05, 4.69) is 10.5 Å². The van der Waals surface area contributed by atoms with Gasteiger partial charge in [0.2, 0.25) is 11.8 Å². The fourth-order valence-corrected chi connectivity index (χ4v) is 6.58. The maximum Gasteiger partial charge on any atom is 0.300 e. The van der Waals surface area contributed by atoms with Gasteiger partial charge in [0.1, 0.15) is 11.3 Å². The van der Waals surface area contributed by atoms with E-state index >= 15 is 0 Å². The molecule has 1 spiro atoms. The molecular formula is C31H40N4O9. The van der Waals surface area contributed by atoms with E-state index in [4.69, 9.17) is 28.6 Å². The molecule has 1 aromatic carbocycles. The summed E-state index contributed by atoms with van der Waals surface area (Å²) in [5.74, 6) is 0.472. The molecule has 0 unspecified atom stereocenters. The molecule has 3 amide bonds. The van der Waals surface area contributed by atoms with Gasteiger partial charge in [0.05, 0.1) is 25.5 Å². The number of likely N-dealkylation sites (tertiary alicyclic amines) is 1. The second-order valence-corrected chi connectivity index (χ2v) is 11.9. The summed E-state index contributed by atoms with van der Waals surface area (Å²) in [6.45, 7) is 7.98. The number of rotatable bonds is 2. The lowest BCUT2D eigenvalue weighted by molar-refractivity contribution is -0.138. The maximum atomic E-state index is 13.6. The van der Waals surface area contributed by atoms with Crippen molar-refractivity contribution in [2.75, 3.05) is 59.2 Å². The fourth-order valence-electron chi connectivity index (χ4n) is 6.58. The van der Waals surface area contributed by atoms with Gasteiger partial charge in [0.25, 0.3) is 11.9 Å². The van der Waals surface area contributed by atoms with Crippen molar-refractivity contribution in [3.05, 3.63) is 40.8 Å². The minimum atomic E-state index is -0.833. The van der Waals surface area contributed by atoms with Crippen LogP contribution < -0.4 is 14.8 Å². The standard InChI is InChI=1S/C29H36N4O7.C2H4O2/c1-18-25(19(2)40-31-18)28(36)32-9-4-10-38-23-6-3-5-21-22-13-33(27(35)20-7-11-37-12-8-20)16-29(22,17-39-26(21)23)15-30-24(34)14-32;1-2(3)4/h3,5-6,20,22H,4,7-17H2,1-2H3,(H,30,34);1H3,(H,3,4)/t22-,29+;/m0./s1. The molecule has 13 heteroatoms. The number of nitrogens with zero attached hydrogens (tertiary/aromatic N) is 3. The Morgan fingerprint density at radius 1 is 1.09 bits per heavy atom. The van der Waals surface area contributed by atoms with Gasteiger partial charge in [-0.3, -0.25) is 19.2 Å². The van der Waals surface area contributed by atoms with Crippen LogP contribution >= 0.6 is 0 Å². The number of hydrogen-bond donors (Lipinski definition) is 2. The first kappa shape index (κ1) is 31.3. The summed E-state index contributed by atoms with van der Waals surface area (Å²) in [6, 6.07) is 5.89. The van der Waals surface area contributed by atoms with Gasteiger partial charge in [-0.05, 0) is 39.2 Å². The molecule has 6 heterocycles. The number of carbonyl (C=O) groups is 4. The SMILES string of the molecule is CC(=O)O.Cc1noc(C)c1C(=O)N1CCCOc2cccc3c2OC[C@@]2(CNC(=O)C1)CN(C(=O)C1CCOCC1)C[C@@H]32. The van der Waals surface area contributed by atoms with Crippen LogP contribution in [0.15, 0.2) is 22.7 Å². The Morgan fingerprint density at radius 2 is 1.84 bits per heavy atom. The van der Waals surface area contributed by atoms with Crippen molar-refractivity contribution in [2.24, 2.45) is 11.3 Å². The highest BCUT2D eigenvalue weighted by Crippen LogP contribution is 2.52. The quantitative estimate of drug-likeness (QED) is 0.514. The van der Waals surface area contributed by atoms with Crippen molar-refractivity contribution in [1.82, 2.24) is 20.3 Å². The lowest BCUT2D eigenvalue weighted by atomic mass is 9.73. The molecule has 2 N–H and O–H groups in total. The third-order valence-corrected chi connectivity index (χ3v) is 8.76. The van der Waals surface area contributed by atoms with Crippen LogP contribution in [0.4, 0.5) is 0 Å². The molecule has 2 saturated heterocycles. The number of nitrogens with one attached hydrogen (secondary N) is 1. The number of para-hydroxylation sites is 1. The Balaban J connectivity index is 0.000000906. The van der Waals surface area contributed by atoms with Gasteiger partial charge in [-0.25, -0.2) is 0 Å². The van der Waals surface area contributed by atoms with E-state index < -0.39 is 11.4 Å². The van der Waals surface area contributed by atoms with Gasteiger partial charge in [-0.15, -0.1) is 0 Å². The number of aliphatic carboxylic acids is 1. The lowest BCUT2D eigenvalue weighted by Gasteiger charge is -2.40. The van der Waals surface area contributed by atoms with Gasteiger partial charge in [-0.2, -0.15) is 0 Å². The molecule has 7 rings (SSSR count). The zero-order valence-corrected chi connectivity index (χ0v) is 25.4. The Kier molecular flexibility index (Phi) is 9.42. The smallest absolute Gasteiger partial charge is 0.300 e. The lowest BCUT2D eigenvalue weighted by Crippen LogP contribution is -2.51. The summed E-state index contributed by atoms with van der Waals surface area (Å²) in [6.07, 6.45) is 1.97. The predicted molar refractivity (Wildman–Crippen MR) is 156 cm³/mol. The number of carboxylic acid groups (broad SMARTS) is 1. The van der Waals surface area contributed by atoms with Crippen LogP contribution in [0.1, 0.15) is 59.5 Å². The molecule has 1 aromatic heterocycles. The highest BCUT2D eigenvalue weighted by Gasteiger charge is 2.53. The number of hydrogen-bond acceptors (Lipinski definition) is 9. The summed E-state index contributed by atoms with van der Waals surface area (Å²) in [5, 5.41) is 14.4. The van der Waals surface area contributed by atoms with Gasteiger partial charge >= 0.3 is 0 Å². The normalized spacial score (nSPS) is 23.7. The molecule has 5 aliphatic rings. The highest BCUT2D eigenvalue weighted by molar-refractivity contribution is 5.98. The first-order valence-corrected chi connectivity index (χ1v) is 15.0. The molecule has 2 atom stereocenters. The molecule has 5 aliphatic heterocycles. The van der Waals surface area contributed by atoms with E-state index in [1.165, 1.54) is 4.90 Å². The largest absolute Gasteiger partial charge is 0.490 e. The van der Waals surface area contributed by atoms with E-state index in [9.17, 15) is 14.4 Å². The third kappa shape index (κ3) is 6.52. The van der Waals surface area contributed by atoms with Crippen LogP contribution in [-0.2, 0) is 19.1 Å². The molecule has 0 saturated carbocycles. The van der Waals surface area contributed by atoms with E-state index in [0.717, 1.165) is 25.3 Å².